The molecule has 0 atom stereocenters. The molecule has 3 rings (SSSR count). The van der Waals surface area contributed by atoms with Gasteiger partial charge in [0.2, 0.25) is 5.91 Å². The minimum absolute atomic E-state index is 0.0552. The van der Waals surface area contributed by atoms with Crippen LogP contribution in [-0.4, -0.2) is 34.5 Å². The van der Waals surface area contributed by atoms with Crippen molar-refractivity contribution in [3.8, 4) is 0 Å². The van der Waals surface area contributed by atoms with Crippen molar-refractivity contribution in [2.75, 3.05) is 24.1 Å². The fourth-order valence-corrected chi connectivity index (χ4v) is 4.02. The van der Waals surface area contributed by atoms with Gasteiger partial charge in [0.1, 0.15) is 0 Å². The molecule has 0 spiro atoms. The average molecular weight is 326 g/mol. The standard InChI is InChI=1S/C15H20ClN3OS/c1-19-13-11(21(2,3)4)8-7-10(16)12(13)14(18-19)17-15(20)9-5-6-9/h7-9H,5-6H2,1-4H3,(H,17,18,20). The van der Waals surface area contributed by atoms with Gasteiger partial charge in [-0.05, 0) is 43.7 Å². The maximum Gasteiger partial charge on any atom is 0.228 e. The van der Waals surface area contributed by atoms with Crippen molar-refractivity contribution in [3.05, 3.63) is 17.2 Å². The molecule has 0 saturated heterocycles. The number of nitrogens with one attached hydrogen (secondary N) is 1. The van der Waals surface area contributed by atoms with Crippen molar-refractivity contribution in [2.24, 2.45) is 13.0 Å². The summed E-state index contributed by atoms with van der Waals surface area (Å²) in [4.78, 5) is 13.3. The zero-order valence-electron chi connectivity index (χ0n) is 12.7. The summed E-state index contributed by atoms with van der Waals surface area (Å²) in [7, 11) is 0.983. The summed E-state index contributed by atoms with van der Waals surface area (Å²) in [6.07, 6.45) is 8.67. The van der Waals surface area contributed by atoms with E-state index in [1.165, 1.54) is 4.90 Å². The highest BCUT2D eigenvalue weighted by atomic mass is 35.5. The number of hydrogen-bond acceptors (Lipinski definition) is 2. The Morgan fingerprint density at radius 1 is 1.38 bits per heavy atom. The van der Waals surface area contributed by atoms with E-state index in [4.69, 9.17) is 11.6 Å². The summed E-state index contributed by atoms with van der Waals surface area (Å²) in [5, 5.41) is 8.92. The zero-order valence-corrected chi connectivity index (χ0v) is 14.3. The van der Waals surface area contributed by atoms with Crippen LogP contribution in [0.15, 0.2) is 17.0 Å². The van der Waals surface area contributed by atoms with Crippen LogP contribution >= 0.6 is 21.6 Å². The van der Waals surface area contributed by atoms with Gasteiger partial charge in [0.15, 0.2) is 5.82 Å². The second-order valence-electron chi connectivity index (χ2n) is 6.34. The zero-order chi connectivity index (χ0) is 15.4. The molecule has 4 nitrogen and oxygen atoms in total. The highest BCUT2D eigenvalue weighted by Crippen LogP contribution is 2.50. The molecule has 1 aromatic carbocycles. The average Bonchev–Trinajstić information content (AvgIpc) is 3.16. The van der Waals surface area contributed by atoms with Crippen molar-refractivity contribution < 1.29 is 4.79 Å². The van der Waals surface area contributed by atoms with Crippen LogP contribution in [0, 0.1) is 5.92 Å². The molecular formula is C15H20ClN3OS. The third-order valence-electron chi connectivity index (χ3n) is 3.75. The number of aryl methyl sites for hydroxylation is 1. The van der Waals surface area contributed by atoms with Crippen LogP contribution in [-0.2, 0) is 11.8 Å². The number of hydrogen-bond donors (Lipinski definition) is 1. The summed E-state index contributed by atoms with van der Waals surface area (Å²) in [6, 6.07) is 3.99. The predicted molar refractivity (Wildman–Crippen MR) is 90.7 cm³/mol. The molecule has 6 heteroatoms. The number of rotatable bonds is 3. The Kier molecular flexibility index (Phi) is 3.45. The van der Waals surface area contributed by atoms with Gasteiger partial charge in [0.25, 0.3) is 0 Å². The SMILES string of the molecule is Cn1nc(NC(=O)C2CC2)c2c(Cl)ccc(S(C)(C)C)c21. The number of amides is 1. The minimum atomic E-state index is -0.920. The third-order valence-corrected chi connectivity index (χ3v) is 5.71. The maximum atomic E-state index is 12.0. The number of fused-ring (bicyclic) bond motifs is 1. The summed E-state index contributed by atoms with van der Waals surface area (Å²) in [6.45, 7) is 0. The largest absolute Gasteiger partial charge is 0.308 e. The Bertz CT molecular complexity index is 729. The Balaban J connectivity index is 2.16. The van der Waals surface area contributed by atoms with E-state index in [0.29, 0.717) is 10.8 Å². The van der Waals surface area contributed by atoms with Gasteiger partial charge < -0.3 is 5.32 Å². The lowest BCUT2D eigenvalue weighted by atomic mass is 10.2. The summed E-state index contributed by atoms with van der Waals surface area (Å²) < 4.78 is 1.83. The summed E-state index contributed by atoms with van der Waals surface area (Å²) in [5.74, 6) is 0.789. The van der Waals surface area contributed by atoms with Crippen LogP contribution in [0.3, 0.4) is 0 Å². The fourth-order valence-electron chi connectivity index (χ4n) is 2.49. The van der Waals surface area contributed by atoms with Crippen LogP contribution in [0.4, 0.5) is 5.82 Å². The van der Waals surface area contributed by atoms with E-state index in [1.807, 2.05) is 17.8 Å². The van der Waals surface area contributed by atoms with E-state index in [2.05, 4.69) is 35.2 Å². The molecule has 1 aliphatic rings. The van der Waals surface area contributed by atoms with Crippen molar-refractivity contribution in [2.45, 2.75) is 17.7 Å². The Morgan fingerprint density at radius 3 is 2.62 bits per heavy atom. The number of anilines is 1. The second kappa shape index (κ2) is 4.92. The molecule has 1 saturated carbocycles. The van der Waals surface area contributed by atoms with E-state index in [1.54, 1.807) is 0 Å². The molecule has 1 N–H and O–H groups in total. The predicted octanol–water partition coefficient (Wildman–Crippen LogP) is 3.63. The van der Waals surface area contributed by atoms with Crippen LogP contribution in [0.5, 0.6) is 0 Å². The molecule has 0 aliphatic heterocycles. The quantitative estimate of drug-likeness (QED) is 0.936. The molecule has 0 unspecified atom stereocenters. The van der Waals surface area contributed by atoms with Crippen LogP contribution < -0.4 is 5.32 Å². The molecular weight excluding hydrogens is 306 g/mol. The molecule has 0 bridgehead atoms. The van der Waals surface area contributed by atoms with Gasteiger partial charge in [0, 0.05) is 17.9 Å². The van der Waals surface area contributed by atoms with Crippen molar-refractivity contribution >= 4 is 44.3 Å². The third kappa shape index (κ3) is 2.64. The van der Waals surface area contributed by atoms with Gasteiger partial charge in [-0.1, -0.05) is 11.6 Å². The smallest absolute Gasteiger partial charge is 0.228 e. The van der Waals surface area contributed by atoms with Crippen LogP contribution in [0.2, 0.25) is 5.02 Å². The maximum absolute atomic E-state index is 12.0. The lowest BCUT2D eigenvalue weighted by Gasteiger charge is -2.27. The first kappa shape index (κ1) is 14.7. The molecule has 1 amide bonds. The van der Waals surface area contributed by atoms with Crippen LogP contribution in [0.25, 0.3) is 10.9 Å². The second-order valence-corrected chi connectivity index (χ2v) is 10.9. The van der Waals surface area contributed by atoms with Crippen molar-refractivity contribution in [3.63, 3.8) is 0 Å². The molecule has 1 heterocycles. The first-order chi connectivity index (χ1) is 9.79. The first-order valence-corrected chi connectivity index (χ1v) is 10.2. The van der Waals surface area contributed by atoms with E-state index in [0.717, 1.165) is 23.7 Å². The highest BCUT2D eigenvalue weighted by molar-refractivity contribution is 8.32. The number of carbonyl (C=O) groups excluding carboxylic acids is 1. The van der Waals surface area contributed by atoms with Crippen molar-refractivity contribution in [1.82, 2.24) is 9.78 Å². The molecule has 2 aromatic rings. The van der Waals surface area contributed by atoms with Gasteiger partial charge in [-0.2, -0.15) is 5.10 Å². The normalized spacial score (nSPS) is 16.2. The van der Waals surface area contributed by atoms with Gasteiger partial charge in [0.05, 0.1) is 15.9 Å². The number of nitrogens with zero attached hydrogens (tertiary/aromatic N) is 2. The molecule has 1 fully saturated rings. The first-order valence-electron chi connectivity index (χ1n) is 6.93. The van der Waals surface area contributed by atoms with E-state index < -0.39 is 10.0 Å². The lowest BCUT2D eigenvalue weighted by molar-refractivity contribution is -0.117. The number of carbonyl (C=O) groups is 1. The molecule has 0 radical (unpaired) electrons. The number of aromatic nitrogens is 2. The van der Waals surface area contributed by atoms with Gasteiger partial charge in [-0.15, -0.1) is 0 Å². The van der Waals surface area contributed by atoms with Crippen molar-refractivity contribution in [1.29, 1.82) is 0 Å². The molecule has 1 aliphatic carbocycles. The molecule has 21 heavy (non-hydrogen) atoms. The molecule has 114 valence electrons. The topological polar surface area (TPSA) is 46.9 Å². The number of halogens is 1. The van der Waals surface area contributed by atoms with Gasteiger partial charge in [-0.25, -0.2) is 10.0 Å². The highest BCUT2D eigenvalue weighted by Gasteiger charge is 2.31. The Morgan fingerprint density at radius 2 is 2.05 bits per heavy atom. The number of benzene rings is 1. The summed E-state index contributed by atoms with van der Waals surface area (Å²) >= 11 is 6.38. The van der Waals surface area contributed by atoms with E-state index in [9.17, 15) is 4.79 Å². The van der Waals surface area contributed by atoms with E-state index in [-0.39, 0.29) is 11.8 Å². The minimum Gasteiger partial charge on any atom is -0.308 e. The lowest BCUT2D eigenvalue weighted by Crippen LogP contribution is -2.14. The molecule has 1 aromatic heterocycles. The van der Waals surface area contributed by atoms with Gasteiger partial charge >= 0.3 is 0 Å². The summed E-state index contributed by atoms with van der Waals surface area (Å²) in [5.41, 5.74) is 1.02. The fraction of sp³-hybridized carbons (Fsp3) is 0.467. The van der Waals surface area contributed by atoms with Crippen LogP contribution in [0.1, 0.15) is 12.8 Å². The Hall–Kier alpha value is -1.20. The van der Waals surface area contributed by atoms with Gasteiger partial charge in [-0.3, -0.25) is 9.48 Å². The van der Waals surface area contributed by atoms with E-state index >= 15 is 0 Å². The monoisotopic (exact) mass is 325 g/mol. The Labute approximate surface area is 131 Å².